The van der Waals surface area contributed by atoms with E-state index in [2.05, 4.69) is 17.1 Å². The second-order valence-electron chi connectivity index (χ2n) is 5.46. The van der Waals surface area contributed by atoms with Gasteiger partial charge in [-0.25, -0.2) is 9.89 Å². The van der Waals surface area contributed by atoms with Crippen LogP contribution in [0.1, 0.15) is 46.0 Å². The maximum absolute atomic E-state index is 12.4. The molecule has 1 saturated heterocycles. The highest BCUT2D eigenvalue weighted by molar-refractivity contribution is 8.00. The normalized spacial score (nSPS) is 17.0. The number of carbonyl (C=O) groups is 1. The number of piperidine rings is 1. The summed E-state index contributed by atoms with van der Waals surface area (Å²) in [7, 11) is 0. The molecule has 1 aliphatic rings. The highest BCUT2D eigenvalue weighted by Gasteiger charge is 2.24. The van der Waals surface area contributed by atoms with Crippen LogP contribution in [0.5, 0.6) is 0 Å². The van der Waals surface area contributed by atoms with Gasteiger partial charge in [0, 0.05) is 19.6 Å². The minimum absolute atomic E-state index is 0.150. The van der Waals surface area contributed by atoms with Gasteiger partial charge in [-0.05, 0) is 32.6 Å². The number of hydrogen-bond acceptors (Lipinski definition) is 4. The molecular formula is C14H24N4O2S. The van der Waals surface area contributed by atoms with Crippen LogP contribution in [0.25, 0.3) is 0 Å². The van der Waals surface area contributed by atoms with Gasteiger partial charge in [0.05, 0.1) is 5.25 Å². The van der Waals surface area contributed by atoms with Gasteiger partial charge in [-0.2, -0.15) is 0 Å². The minimum atomic E-state index is -0.210. The molecule has 0 aromatic carbocycles. The molecule has 1 aromatic rings. The third kappa shape index (κ3) is 4.12. The number of aromatic nitrogens is 3. The summed E-state index contributed by atoms with van der Waals surface area (Å²) in [5, 5.41) is 6.94. The first kappa shape index (κ1) is 16.1. The summed E-state index contributed by atoms with van der Waals surface area (Å²) in [5.41, 5.74) is -0.191. The van der Waals surface area contributed by atoms with E-state index >= 15 is 0 Å². The molecule has 0 spiro atoms. The number of thioether (sulfide) groups is 1. The molecule has 1 aliphatic heterocycles. The molecular weight excluding hydrogens is 288 g/mol. The van der Waals surface area contributed by atoms with Crippen LogP contribution in [-0.4, -0.2) is 43.9 Å². The summed E-state index contributed by atoms with van der Waals surface area (Å²) in [4.78, 5) is 26.1. The third-order valence-electron chi connectivity index (χ3n) is 3.76. The summed E-state index contributed by atoms with van der Waals surface area (Å²) in [6.45, 7) is 6.34. The highest BCUT2D eigenvalue weighted by atomic mass is 32.2. The van der Waals surface area contributed by atoms with Crippen molar-refractivity contribution < 1.29 is 4.79 Å². The number of likely N-dealkylation sites (tertiary alicyclic amines) is 1. The van der Waals surface area contributed by atoms with Crippen LogP contribution >= 0.6 is 11.8 Å². The van der Waals surface area contributed by atoms with Gasteiger partial charge in [0.15, 0.2) is 5.16 Å². The van der Waals surface area contributed by atoms with E-state index in [0.717, 1.165) is 38.8 Å². The first-order valence-electron chi connectivity index (χ1n) is 7.74. The number of carbonyl (C=O) groups excluding carboxylic acids is 1. The van der Waals surface area contributed by atoms with E-state index in [9.17, 15) is 9.59 Å². The number of nitrogens with one attached hydrogen (secondary N) is 1. The molecule has 118 valence electrons. The van der Waals surface area contributed by atoms with Crippen LogP contribution < -0.4 is 5.69 Å². The minimum Gasteiger partial charge on any atom is -0.342 e. The lowest BCUT2D eigenvalue weighted by atomic mass is 10.1. The quantitative estimate of drug-likeness (QED) is 0.814. The Hall–Kier alpha value is -1.24. The van der Waals surface area contributed by atoms with Gasteiger partial charge in [-0.1, -0.05) is 25.1 Å². The van der Waals surface area contributed by atoms with Crippen molar-refractivity contribution in [2.24, 2.45) is 0 Å². The van der Waals surface area contributed by atoms with Crippen molar-refractivity contribution >= 4 is 17.7 Å². The molecule has 1 aromatic heterocycles. The SMILES string of the molecule is CCCCn1c(SC(C)C(=O)N2CCCCC2)n[nH]c1=O. The molecule has 2 rings (SSSR count). The van der Waals surface area contributed by atoms with Crippen molar-refractivity contribution in [2.45, 2.75) is 62.9 Å². The zero-order valence-corrected chi connectivity index (χ0v) is 13.6. The van der Waals surface area contributed by atoms with Gasteiger partial charge in [0.1, 0.15) is 0 Å². The van der Waals surface area contributed by atoms with E-state index in [1.807, 2.05) is 11.8 Å². The first-order valence-corrected chi connectivity index (χ1v) is 8.62. The summed E-state index contributed by atoms with van der Waals surface area (Å²) in [5.74, 6) is 0.150. The molecule has 7 heteroatoms. The fourth-order valence-electron chi connectivity index (χ4n) is 2.49. The summed E-state index contributed by atoms with van der Waals surface area (Å²) < 4.78 is 1.63. The van der Waals surface area contributed by atoms with Crippen molar-refractivity contribution in [3.8, 4) is 0 Å². The number of rotatable bonds is 6. The molecule has 0 saturated carbocycles. The number of nitrogens with zero attached hydrogens (tertiary/aromatic N) is 3. The van der Waals surface area contributed by atoms with Gasteiger partial charge < -0.3 is 4.90 Å². The standard InChI is InChI=1S/C14H24N4O2S/c1-3-4-10-18-13(20)15-16-14(18)21-11(2)12(19)17-8-6-5-7-9-17/h11H,3-10H2,1-2H3,(H,15,20). The predicted molar refractivity (Wildman–Crippen MR) is 83.5 cm³/mol. The van der Waals surface area contributed by atoms with Crippen LogP contribution in [0.4, 0.5) is 0 Å². The molecule has 1 fully saturated rings. The number of hydrogen-bond donors (Lipinski definition) is 1. The van der Waals surface area contributed by atoms with Crippen LogP contribution in [0, 0.1) is 0 Å². The Morgan fingerprint density at radius 3 is 2.76 bits per heavy atom. The molecule has 0 aliphatic carbocycles. The Morgan fingerprint density at radius 2 is 2.10 bits per heavy atom. The molecule has 2 heterocycles. The first-order chi connectivity index (χ1) is 10.1. The molecule has 1 N–H and O–H groups in total. The number of amides is 1. The monoisotopic (exact) mass is 312 g/mol. The topological polar surface area (TPSA) is 71.0 Å². The predicted octanol–water partition coefficient (Wildman–Crippen LogP) is 1.86. The lowest BCUT2D eigenvalue weighted by Crippen LogP contribution is -2.40. The average Bonchev–Trinajstić information content (AvgIpc) is 2.85. The maximum atomic E-state index is 12.4. The van der Waals surface area contributed by atoms with Gasteiger partial charge in [0.25, 0.3) is 0 Å². The van der Waals surface area contributed by atoms with Gasteiger partial charge in [-0.15, -0.1) is 5.10 Å². The van der Waals surface area contributed by atoms with Crippen LogP contribution in [0.3, 0.4) is 0 Å². The number of H-pyrrole nitrogens is 1. The molecule has 0 radical (unpaired) electrons. The van der Waals surface area contributed by atoms with Gasteiger partial charge in [-0.3, -0.25) is 9.36 Å². The van der Waals surface area contributed by atoms with E-state index in [4.69, 9.17) is 0 Å². The van der Waals surface area contributed by atoms with E-state index in [1.165, 1.54) is 18.2 Å². The second-order valence-corrected chi connectivity index (χ2v) is 6.77. The maximum Gasteiger partial charge on any atom is 0.343 e. The Labute approximate surface area is 129 Å². The number of aromatic amines is 1. The highest BCUT2D eigenvalue weighted by Crippen LogP contribution is 2.23. The van der Waals surface area contributed by atoms with Crippen LogP contribution in [-0.2, 0) is 11.3 Å². The zero-order valence-electron chi connectivity index (χ0n) is 12.8. The largest absolute Gasteiger partial charge is 0.343 e. The summed E-state index contributed by atoms with van der Waals surface area (Å²) in [6.07, 6.45) is 5.34. The molecule has 1 atom stereocenters. The van der Waals surface area contributed by atoms with E-state index < -0.39 is 0 Å². The molecule has 21 heavy (non-hydrogen) atoms. The number of unbranched alkanes of at least 4 members (excludes halogenated alkanes) is 1. The molecule has 6 nitrogen and oxygen atoms in total. The van der Waals surface area contributed by atoms with E-state index in [0.29, 0.717) is 11.7 Å². The van der Waals surface area contributed by atoms with Crippen molar-refractivity contribution in [1.29, 1.82) is 0 Å². The Bertz CT molecular complexity index is 519. The van der Waals surface area contributed by atoms with E-state index in [-0.39, 0.29) is 16.8 Å². The molecule has 1 unspecified atom stereocenters. The Balaban J connectivity index is 2.00. The summed E-state index contributed by atoms with van der Waals surface area (Å²) in [6, 6.07) is 0. The molecule has 0 bridgehead atoms. The Morgan fingerprint density at radius 1 is 1.38 bits per heavy atom. The van der Waals surface area contributed by atoms with Crippen molar-refractivity contribution in [3.63, 3.8) is 0 Å². The van der Waals surface area contributed by atoms with Crippen LogP contribution in [0.15, 0.2) is 9.95 Å². The van der Waals surface area contributed by atoms with Crippen LogP contribution in [0.2, 0.25) is 0 Å². The lowest BCUT2D eigenvalue weighted by molar-refractivity contribution is -0.131. The second kappa shape index (κ2) is 7.68. The van der Waals surface area contributed by atoms with Gasteiger partial charge in [0.2, 0.25) is 5.91 Å². The van der Waals surface area contributed by atoms with E-state index in [1.54, 1.807) is 4.57 Å². The lowest BCUT2D eigenvalue weighted by Gasteiger charge is -2.28. The van der Waals surface area contributed by atoms with Gasteiger partial charge >= 0.3 is 5.69 Å². The van der Waals surface area contributed by atoms with Crippen molar-refractivity contribution in [1.82, 2.24) is 19.7 Å². The summed E-state index contributed by atoms with van der Waals surface area (Å²) >= 11 is 1.37. The fraction of sp³-hybridized carbons (Fsp3) is 0.786. The molecule has 1 amide bonds. The van der Waals surface area contributed by atoms with Crippen molar-refractivity contribution in [2.75, 3.05) is 13.1 Å². The average molecular weight is 312 g/mol. The third-order valence-corrected chi connectivity index (χ3v) is 4.83. The van der Waals surface area contributed by atoms with Crippen molar-refractivity contribution in [3.05, 3.63) is 10.5 Å². The smallest absolute Gasteiger partial charge is 0.342 e. The fourth-order valence-corrected chi connectivity index (χ4v) is 3.45. The zero-order chi connectivity index (χ0) is 15.2. The Kier molecular flexibility index (Phi) is 5.90.